The second-order valence-corrected chi connectivity index (χ2v) is 9.76. The van der Waals surface area contributed by atoms with Crippen molar-refractivity contribution >= 4 is 5.69 Å². The van der Waals surface area contributed by atoms with Crippen LogP contribution in [0.1, 0.15) is 58.0 Å². The summed E-state index contributed by atoms with van der Waals surface area (Å²) in [4.78, 5) is 6.19. The summed E-state index contributed by atoms with van der Waals surface area (Å²) < 4.78 is 15.8. The maximum absolute atomic E-state index is 9.16. The highest BCUT2D eigenvalue weighted by Crippen LogP contribution is 2.32. The third kappa shape index (κ3) is 13.8. The Morgan fingerprint density at radius 2 is 1.80 bits per heavy atom. The molecule has 2 aromatic carbocycles. The molecule has 2 aliphatic heterocycles. The number of aliphatic hydroxyl groups is 1. The van der Waals surface area contributed by atoms with Crippen LogP contribution in [0.2, 0.25) is 0 Å². The lowest BCUT2D eigenvalue weighted by Crippen LogP contribution is -2.34. The number of aliphatic hydroxyl groups excluding tert-OH is 1. The predicted octanol–water partition coefficient (Wildman–Crippen LogP) is 4.93. The summed E-state index contributed by atoms with van der Waals surface area (Å²) in [5.41, 5.74) is 3.46. The molecule has 0 saturated carbocycles. The standard InChI is InChI=1S/C13H19NO3.C12H17NO.C4H10O2.C2H7N.H2/c1-16-7-2-5-14-6-8-17-13-4-3-11(10-15)9-12(13)14;1-14-12-4-2-10(3-5-12)11-6-8-13-9-7-11;1-3-4(2)6-5;1-3-2;/h3-4,9,15H,2,5-8,10H2,1H3;2-5,11,13H,6-9H2,1H3;4-5H,3H2,1-2H3;3H,1-2H3;1H/t;;4-;;/m..0../s1. The number of methoxy groups -OCH3 is 2. The second kappa shape index (κ2) is 22.3. The molecule has 230 valence electrons. The van der Waals surface area contributed by atoms with Crippen LogP contribution in [-0.2, 0) is 16.2 Å². The molecule has 4 rings (SSSR count). The van der Waals surface area contributed by atoms with Crippen LogP contribution in [0.3, 0.4) is 0 Å². The van der Waals surface area contributed by atoms with Gasteiger partial charge in [0.25, 0.3) is 0 Å². The molecule has 40 heavy (non-hydrogen) atoms. The highest BCUT2D eigenvalue weighted by Gasteiger charge is 2.18. The fourth-order valence-corrected chi connectivity index (χ4v) is 4.15. The van der Waals surface area contributed by atoms with Crippen LogP contribution in [0.5, 0.6) is 11.5 Å². The highest BCUT2D eigenvalue weighted by atomic mass is 17.1. The van der Waals surface area contributed by atoms with Gasteiger partial charge in [-0.15, -0.1) is 0 Å². The maximum Gasteiger partial charge on any atom is 0.142 e. The zero-order valence-electron chi connectivity index (χ0n) is 25.4. The molecule has 2 aromatic rings. The molecule has 1 fully saturated rings. The van der Waals surface area contributed by atoms with E-state index in [-0.39, 0.29) is 14.1 Å². The summed E-state index contributed by atoms with van der Waals surface area (Å²) in [5.74, 6) is 2.59. The van der Waals surface area contributed by atoms with Crippen LogP contribution in [0.25, 0.3) is 0 Å². The van der Waals surface area contributed by atoms with E-state index in [4.69, 9.17) is 24.6 Å². The Balaban J connectivity index is 0.000000600. The van der Waals surface area contributed by atoms with Gasteiger partial charge < -0.3 is 34.9 Å². The van der Waals surface area contributed by atoms with E-state index in [1.165, 1.54) is 18.4 Å². The largest absolute Gasteiger partial charge is 0.497 e. The van der Waals surface area contributed by atoms with Gasteiger partial charge in [0.1, 0.15) is 18.1 Å². The summed E-state index contributed by atoms with van der Waals surface area (Å²) in [6.45, 7) is 9.46. The van der Waals surface area contributed by atoms with Gasteiger partial charge in [-0.25, -0.2) is 4.89 Å². The molecule has 0 aliphatic carbocycles. The SMILES string of the molecule is CC[C@H](C)OO.CNC.COCCCN1CCOc2ccc(CO)cc21.COc1ccc(C2CCNCC2)cc1.[HH]. The van der Waals surface area contributed by atoms with E-state index in [2.05, 4.69) is 44.7 Å². The first-order chi connectivity index (χ1) is 19.5. The Hall–Kier alpha value is -2.40. The Bertz CT molecular complexity index is 881. The summed E-state index contributed by atoms with van der Waals surface area (Å²) in [6, 6.07) is 14.3. The van der Waals surface area contributed by atoms with Gasteiger partial charge in [-0.05, 0) is 101 Å². The number of fused-ring (bicyclic) bond motifs is 1. The summed E-state index contributed by atoms with van der Waals surface area (Å²) in [7, 11) is 7.18. The van der Waals surface area contributed by atoms with Crippen LogP contribution >= 0.6 is 0 Å². The average Bonchev–Trinajstić information content (AvgIpc) is 3.02. The predicted molar refractivity (Wildman–Crippen MR) is 165 cm³/mol. The zero-order valence-corrected chi connectivity index (χ0v) is 25.4. The molecule has 0 amide bonds. The molecule has 4 N–H and O–H groups in total. The van der Waals surface area contributed by atoms with Gasteiger partial charge >= 0.3 is 0 Å². The van der Waals surface area contributed by atoms with Gasteiger partial charge in [-0.1, -0.05) is 25.1 Å². The van der Waals surface area contributed by atoms with Crippen molar-refractivity contribution in [3.8, 4) is 11.5 Å². The lowest BCUT2D eigenvalue weighted by molar-refractivity contribution is -0.274. The van der Waals surface area contributed by atoms with Crippen molar-refractivity contribution < 1.29 is 30.9 Å². The fraction of sp³-hybridized carbons (Fsp3) is 0.613. The molecule has 1 atom stereocenters. The van der Waals surface area contributed by atoms with E-state index in [9.17, 15) is 0 Å². The Morgan fingerprint density at radius 3 is 2.33 bits per heavy atom. The van der Waals surface area contributed by atoms with Gasteiger partial charge in [0.15, 0.2) is 0 Å². The summed E-state index contributed by atoms with van der Waals surface area (Å²) in [6.07, 6.45) is 4.36. The second-order valence-electron chi connectivity index (χ2n) is 9.76. The molecule has 0 unspecified atom stereocenters. The molecule has 0 aromatic heterocycles. The third-order valence-electron chi connectivity index (χ3n) is 6.62. The number of nitrogens with one attached hydrogen (secondary N) is 2. The first kappa shape index (κ1) is 35.6. The van der Waals surface area contributed by atoms with E-state index >= 15 is 0 Å². The number of piperidine rings is 1. The normalized spacial score (nSPS) is 15.1. The minimum Gasteiger partial charge on any atom is -0.497 e. The summed E-state index contributed by atoms with van der Waals surface area (Å²) >= 11 is 0. The van der Waals surface area contributed by atoms with Gasteiger partial charge in [0.2, 0.25) is 0 Å². The van der Waals surface area contributed by atoms with Crippen molar-refractivity contribution in [1.82, 2.24) is 10.6 Å². The van der Waals surface area contributed by atoms with E-state index in [1.807, 2.05) is 39.2 Å². The van der Waals surface area contributed by atoms with E-state index in [1.54, 1.807) is 21.1 Å². The fourth-order valence-electron chi connectivity index (χ4n) is 4.15. The van der Waals surface area contributed by atoms with Crippen molar-refractivity contribution in [3.63, 3.8) is 0 Å². The van der Waals surface area contributed by atoms with E-state index in [0.29, 0.717) is 0 Å². The lowest BCUT2D eigenvalue weighted by Gasteiger charge is -2.31. The van der Waals surface area contributed by atoms with Crippen LogP contribution < -0.4 is 25.0 Å². The Morgan fingerprint density at radius 1 is 1.12 bits per heavy atom. The Kier molecular flexibility index (Phi) is 19.9. The lowest BCUT2D eigenvalue weighted by atomic mass is 9.90. The molecule has 1 saturated heterocycles. The zero-order chi connectivity index (χ0) is 29.6. The van der Waals surface area contributed by atoms with Gasteiger partial charge in [0, 0.05) is 21.7 Å². The van der Waals surface area contributed by atoms with Gasteiger partial charge in [0.05, 0.1) is 32.1 Å². The van der Waals surface area contributed by atoms with Crippen molar-refractivity contribution in [2.24, 2.45) is 0 Å². The topological polar surface area (TPSA) is 105 Å². The average molecular weight is 566 g/mol. The monoisotopic (exact) mass is 565 g/mol. The van der Waals surface area contributed by atoms with Gasteiger partial charge in [-0.3, -0.25) is 5.26 Å². The number of ether oxygens (including phenoxy) is 3. The highest BCUT2D eigenvalue weighted by molar-refractivity contribution is 5.61. The number of anilines is 1. The van der Waals surface area contributed by atoms with Crippen molar-refractivity contribution in [2.45, 2.75) is 58.2 Å². The van der Waals surface area contributed by atoms with E-state index < -0.39 is 0 Å². The molecule has 0 radical (unpaired) electrons. The molecule has 0 bridgehead atoms. The van der Waals surface area contributed by atoms with Crippen molar-refractivity contribution in [3.05, 3.63) is 53.6 Å². The molecule has 2 heterocycles. The molecular formula is C31H55N3O6. The van der Waals surface area contributed by atoms with E-state index in [0.717, 1.165) is 80.9 Å². The quantitative estimate of drug-likeness (QED) is 0.191. The smallest absolute Gasteiger partial charge is 0.142 e. The minimum atomic E-state index is -0.00926. The van der Waals surface area contributed by atoms with Crippen molar-refractivity contribution in [2.75, 3.05) is 72.6 Å². The molecule has 0 spiro atoms. The molecule has 9 nitrogen and oxygen atoms in total. The summed E-state index contributed by atoms with van der Waals surface area (Å²) in [5, 5.41) is 23.1. The maximum atomic E-state index is 9.16. The number of rotatable bonds is 9. The number of hydrogen-bond acceptors (Lipinski definition) is 9. The first-order valence-electron chi connectivity index (χ1n) is 14.3. The van der Waals surface area contributed by atoms with Gasteiger partial charge in [-0.2, -0.15) is 0 Å². The number of hydrogen-bond donors (Lipinski definition) is 4. The van der Waals surface area contributed by atoms with Crippen LogP contribution in [0.15, 0.2) is 42.5 Å². The molecular weight excluding hydrogens is 510 g/mol. The van der Waals surface area contributed by atoms with Crippen molar-refractivity contribution in [1.29, 1.82) is 0 Å². The molecule has 9 heteroatoms. The third-order valence-corrected chi connectivity index (χ3v) is 6.62. The Labute approximate surface area is 243 Å². The van der Waals surface area contributed by atoms with Crippen LogP contribution in [0, 0.1) is 0 Å². The molecule has 2 aliphatic rings. The first-order valence-corrected chi connectivity index (χ1v) is 14.3. The van der Waals surface area contributed by atoms with Crippen LogP contribution in [-0.4, -0.2) is 84.2 Å². The minimum absolute atomic E-state index is 0. The number of nitrogens with zero attached hydrogens (tertiary/aromatic N) is 1. The number of benzene rings is 2. The van der Waals surface area contributed by atoms with Crippen LogP contribution in [0.4, 0.5) is 5.69 Å².